The van der Waals surface area contributed by atoms with Gasteiger partial charge in [-0.2, -0.15) is 5.06 Å². The molecule has 7 aliphatic rings. The normalized spacial score (nSPS) is 34.2. The minimum atomic E-state index is -1.40. The summed E-state index contributed by atoms with van der Waals surface area (Å²) in [5.41, 5.74) is 1.79. The van der Waals surface area contributed by atoms with Gasteiger partial charge in [-0.1, -0.05) is 89.3 Å². The molecule has 4 saturated heterocycles. The van der Waals surface area contributed by atoms with Gasteiger partial charge in [0, 0.05) is 38.6 Å². The monoisotopic (exact) mass is 948 g/mol. The maximum Gasteiger partial charge on any atom is 0.327 e. The number of nitrogens with one attached hydrogen (secondary N) is 2. The van der Waals surface area contributed by atoms with E-state index in [9.17, 15) is 19.5 Å². The molecule has 1 aromatic rings. The topological polar surface area (TPSA) is 174 Å². The van der Waals surface area contributed by atoms with Crippen LogP contribution in [0.4, 0.5) is 0 Å². The molecule has 0 spiro atoms. The molecule has 0 radical (unpaired) electrons. The van der Waals surface area contributed by atoms with Crippen LogP contribution in [-0.2, 0) is 54.2 Å². The number of allylic oxidation sites excluding steroid dienone is 1. The second-order valence-electron chi connectivity index (χ2n) is 23.2. The predicted molar refractivity (Wildman–Crippen MR) is 255 cm³/mol. The van der Waals surface area contributed by atoms with Crippen LogP contribution in [0.3, 0.4) is 0 Å². The van der Waals surface area contributed by atoms with Crippen LogP contribution in [0.25, 0.3) is 6.08 Å². The van der Waals surface area contributed by atoms with Crippen LogP contribution in [0.1, 0.15) is 176 Å². The molecule has 68 heavy (non-hydrogen) atoms. The third kappa shape index (κ3) is 10.8. The molecule has 7 fully saturated rings. The quantitative estimate of drug-likeness (QED) is 0.0654. The Balaban J connectivity index is 1.02. The smallest absolute Gasteiger partial charge is 0.327 e. The number of benzene rings is 1. The number of ether oxygens (including phenoxy) is 5. The highest BCUT2D eigenvalue weighted by Gasteiger charge is 2.76. The Kier molecular flexibility index (Phi) is 15.3. The number of rotatable bonds is 20. The molecule has 3 aliphatic carbocycles. The number of hydroxylamine groups is 2. The van der Waals surface area contributed by atoms with Crippen molar-refractivity contribution in [2.24, 2.45) is 22.7 Å². The number of epoxide rings is 1. The fourth-order valence-corrected chi connectivity index (χ4v) is 12.7. The molecule has 3 saturated carbocycles. The van der Waals surface area contributed by atoms with E-state index in [0.29, 0.717) is 36.2 Å². The van der Waals surface area contributed by atoms with Gasteiger partial charge in [0.2, 0.25) is 11.8 Å². The lowest BCUT2D eigenvalue weighted by Gasteiger charge is -2.53. The zero-order chi connectivity index (χ0) is 48.6. The number of fused-ring (bicyclic) bond motifs is 6. The summed E-state index contributed by atoms with van der Waals surface area (Å²) in [4.78, 5) is 62.0. The standard InChI is InChI=1S/C54H81N3O11/c1-9-11-13-24-53(25-14-12-10-2)66-44-40-31-54(49(62)55-27-23-42(59)56-37(33-58)19-21-43(60)65-50(3,4)5)46(48(61)63-40)57(68-47(54)45(44)67-53)32-35-17-15-16-34(28-35)29-36-18-20-41-52(8,64-41)26-22-39-38(36)30-51(39,6)7/h15-17,28-29,37-41,44-47,58H,9-14,18-27,30-33H2,1-8H3,(H,55,62)(H,56,59)/t37-,38+,39+,40+,41?,44-,45-,46+,47+,52+,54+/m0/s1. The molecule has 3 N–H and O–H groups in total. The molecule has 14 heteroatoms. The highest BCUT2D eigenvalue weighted by atomic mass is 16.8. The molecule has 1 aromatic carbocycles. The van der Waals surface area contributed by atoms with Crippen molar-refractivity contribution in [2.75, 3.05) is 13.2 Å². The molecule has 11 atom stereocenters. The number of amides is 2. The van der Waals surface area contributed by atoms with E-state index in [2.05, 4.69) is 69.5 Å². The Bertz CT molecular complexity index is 2020. The molecule has 378 valence electrons. The molecule has 0 aromatic heterocycles. The van der Waals surface area contributed by atoms with E-state index >= 15 is 4.79 Å². The number of nitrogens with zero attached hydrogens (tertiary/aromatic N) is 1. The summed E-state index contributed by atoms with van der Waals surface area (Å²) in [7, 11) is 0. The van der Waals surface area contributed by atoms with E-state index in [0.717, 1.165) is 68.9 Å². The second kappa shape index (κ2) is 20.4. The maximum atomic E-state index is 15.0. The largest absolute Gasteiger partial charge is 0.460 e. The highest BCUT2D eigenvalue weighted by Crippen LogP contribution is 2.61. The molecule has 4 aliphatic heterocycles. The SMILES string of the molecule is CCCCCC1(CCCCC)O[C@@H]2[C@H](O1)[C@H]1ON(Cc3cccc(C=C4CCC5O[C@]5(C)CC[C@@H]5[C@@H]4CC5(C)C)c3)[C@@H]3C(=O)O[C@@H]2C[C@]13C(=O)NCCC(=O)N[C@H](CO)CCC(=O)OC(C)(C)C. The molecular formula is C54H81N3O11. The zero-order valence-corrected chi connectivity index (χ0v) is 42.2. The summed E-state index contributed by atoms with van der Waals surface area (Å²) < 4.78 is 31.9. The van der Waals surface area contributed by atoms with Crippen LogP contribution < -0.4 is 10.6 Å². The van der Waals surface area contributed by atoms with Crippen molar-refractivity contribution < 1.29 is 52.8 Å². The average Bonchev–Trinajstić information content (AvgIpc) is 3.55. The molecule has 2 amide bonds. The lowest BCUT2D eigenvalue weighted by molar-refractivity contribution is -0.224. The van der Waals surface area contributed by atoms with Crippen molar-refractivity contribution in [3.8, 4) is 0 Å². The second-order valence-corrected chi connectivity index (χ2v) is 23.2. The average molecular weight is 948 g/mol. The van der Waals surface area contributed by atoms with E-state index in [1.54, 1.807) is 25.8 Å². The minimum absolute atomic E-state index is 0.0123. The van der Waals surface area contributed by atoms with Crippen LogP contribution in [-0.4, -0.2) is 107 Å². The van der Waals surface area contributed by atoms with Crippen molar-refractivity contribution in [2.45, 2.75) is 231 Å². The molecular weight excluding hydrogens is 867 g/mol. The fraction of sp³-hybridized carbons (Fsp3) is 0.778. The van der Waals surface area contributed by atoms with Gasteiger partial charge in [-0.15, -0.1) is 0 Å². The van der Waals surface area contributed by atoms with Gasteiger partial charge in [-0.25, -0.2) is 0 Å². The van der Waals surface area contributed by atoms with Crippen molar-refractivity contribution >= 4 is 29.8 Å². The highest BCUT2D eigenvalue weighted by molar-refractivity contribution is 5.94. The maximum absolute atomic E-state index is 15.0. The van der Waals surface area contributed by atoms with Gasteiger partial charge in [0.15, 0.2) is 11.8 Å². The number of carbonyl (C=O) groups is 4. The van der Waals surface area contributed by atoms with E-state index in [4.69, 9.17) is 28.5 Å². The lowest BCUT2D eigenvalue weighted by Crippen LogP contribution is -2.69. The Morgan fingerprint density at radius 2 is 1.71 bits per heavy atom. The van der Waals surface area contributed by atoms with Crippen molar-refractivity contribution in [1.82, 2.24) is 15.7 Å². The van der Waals surface area contributed by atoms with Crippen LogP contribution in [0.15, 0.2) is 29.8 Å². The number of aliphatic hydroxyl groups excluding tert-OH is 1. The molecule has 8 rings (SSSR count). The first-order valence-corrected chi connectivity index (χ1v) is 26.2. The third-order valence-electron chi connectivity index (χ3n) is 16.4. The van der Waals surface area contributed by atoms with Crippen molar-refractivity contribution in [1.29, 1.82) is 0 Å². The van der Waals surface area contributed by atoms with Gasteiger partial charge in [0.1, 0.15) is 35.4 Å². The first kappa shape index (κ1) is 51.0. The Labute approximate surface area is 404 Å². The number of hydrogen-bond acceptors (Lipinski definition) is 12. The van der Waals surface area contributed by atoms with E-state index in [-0.39, 0.29) is 51.0 Å². The number of carbonyl (C=O) groups excluding carboxylic acids is 4. The van der Waals surface area contributed by atoms with E-state index in [1.807, 2.05) is 6.07 Å². The van der Waals surface area contributed by atoms with Crippen LogP contribution >= 0.6 is 0 Å². The number of hydrogen-bond donors (Lipinski definition) is 3. The van der Waals surface area contributed by atoms with Crippen LogP contribution in [0.5, 0.6) is 0 Å². The third-order valence-corrected chi connectivity index (χ3v) is 16.4. The molecule has 2 bridgehead atoms. The van der Waals surface area contributed by atoms with Crippen LogP contribution in [0.2, 0.25) is 0 Å². The Morgan fingerprint density at radius 3 is 2.40 bits per heavy atom. The van der Waals surface area contributed by atoms with Gasteiger partial charge < -0.3 is 39.4 Å². The predicted octanol–water partition coefficient (Wildman–Crippen LogP) is 8.01. The lowest BCUT2D eigenvalue weighted by atomic mass is 9.52. The Hall–Kier alpha value is -3.40. The first-order chi connectivity index (χ1) is 32.3. The fourth-order valence-electron chi connectivity index (χ4n) is 12.7. The number of esters is 2. The summed E-state index contributed by atoms with van der Waals surface area (Å²) >= 11 is 0. The molecule has 1 unspecified atom stereocenters. The van der Waals surface area contributed by atoms with Gasteiger partial charge >= 0.3 is 11.9 Å². The van der Waals surface area contributed by atoms with E-state index in [1.165, 1.54) is 18.4 Å². The zero-order valence-electron chi connectivity index (χ0n) is 42.2. The summed E-state index contributed by atoms with van der Waals surface area (Å²) in [5.74, 6) is -1.49. The van der Waals surface area contributed by atoms with E-state index < -0.39 is 77.1 Å². The van der Waals surface area contributed by atoms with Crippen molar-refractivity contribution in [3.63, 3.8) is 0 Å². The van der Waals surface area contributed by atoms with Gasteiger partial charge in [-0.3, -0.25) is 24.0 Å². The van der Waals surface area contributed by atoms with Crippen molar-refractivity contribution in [3.05, 3.63) is 41.0 Å². The van der Waals surface area contributed by atoms with Gasteiger partial charge in [0.05, 0.1) is 30.9 Å². The number of unbranched alkanes of at least 4 members (excludes halogenated alkanes) is 4. The minimum Gasteiger partial charge on any atom is -0.460 e. The molecule has 14 nitrogen and oxygen atoms in total. The summed E-state index contributed by atoms with van der Waals surface area (Å²) in [6.45, 7) is 16.6. The van der Waals surface area contributed by atoms with Gasteiger partial charge in [0.25, 0.3) is 0 Å². The summed E-state index contributed by atoms with van der Waals surface area (Å²) in [6.07, 6.45) is 13.0. The number of aliphatic hydroxyl groups is 1. The summed E-state index contributed by atoms with van der Waals surface area (Å²) in [5, 5.41) is 17.5. The Morgan fingerprint density at radius 1 is 0.971 bits per heavy atom. The van der Waals surface area contributed by atoms with Gasteiger partial charge in [-0.05, 0) is 107 Å². The summed E-state index contributed by atoms with van der Waals surface area (Å²) in [6, 6.07) is 6.66. The molecule has 4 heterocycles. The first-order valence-electron chi connectivity index (χ1n) is 26.2. The van der Waals surface area contributed by atoms with Crippen LogP contribution in [0, 0.1) is 22.7 Å².